The van der Waals surface area contributed by atoms with E-state index in [1.807, 2.05) is 6.92 Å². The Bertz CT molecular complexity index is 629. The number of carbonyl (C=O) groups excluding carboxylic acids is 1. The number of amides is 1. The van der Waals surface area contributed by atoms with Gasteiger partial charge in [0.2, 0.25) is 5.91 Å². The Morgan fingerprint density at radius 3 is 3.04 bits per heavy atom. The van der Waals surface area contributed by atoms with Crippen molar-refractivity contribution in [3.8, 4) is 11.5 Å². The predicted molar refractivity (Wildman–Crippen MR) is 88.6 cm³/mol. The van der Waals surface area contributed by atoms with Gasteiger partial charge in [-0.3, -0.25) is 4.79 Å². The van der Waals surface area contributed by atoms with Crippen LogP contribution in [0.4, 0.5) is 0 Å². The molecule has 0 spiro atoms. The summed E-state index contributed by atoms with van der Waals surface area (Å²) in [6, 6.07) is 4.99. The van der Waals surface area contributed by atoms with Crippen LogP contribution in [0.5, 0.6) is 11.5 Å². The summed E-state index contributed by atoms with van der Waals surface area (Å²) in [5.41, 5.74) is 3.63. The van der Waals surface area contributed by atoms with E-state index in [-0.39, 0.29) is 23.0 Å². The third-order valence-corrected chi connectivity index (χ3v) is 5.29. The van der Waals surface area contributed by atoms with Crippen molar-refractivity contribution >= 4 is 12.1 Å². The van der Waals surface area contributed by atoms with Crippen molar-refractivity contribution in [2.45, 2.75) is 39.5 Å². The minimum Gasteiger partial charge on any atom is -0.504 e. The zero-order chi connectivity index (χ0) is 16.4. The predicted octanol–water partition coefficient (Wildman–Crippen LogP) is 3.07. The van der Waals surface area contributed by atoms with Crippen molar-refractivity contribution in [1.29, 1.82) is 0 Å². The first-order chi connectivity index (χ1) is 11.1. The molecule has 0 aromatic heterocycles. The van der Waals surface area contributed by atoms with Crippen LogP contribution in [0, 0.1) is 17.3 Å². The summed E-state index contributed by atoms with van der Waals surface area (Å²) in [4.78, 5) is 12.3. The van der Waals surface area contributed by atoms with Crippen molar-refractivity contribution in [2.24, 2.45) is 22.4 Å². The molecule has 2 saturated carbocycles. The molecular weight excluding hydrogens is 292 g/mol. The van der Waals surface area contributed by atoms with Crippen molar-refractivity contribution in [2.75, 3.05) is 6.61 Å². The first-order valence-electron chi connectivity index (χ1n) is 8.35. The Labute approximate surface area is 136 Å². The van der Waals surface area contributed by atoms with Gasteiger partial charge in [0.1, 0.15) is 0 Å². The SMILES string of the molecule is CCOc1cc(/C=N\NC(=O)[C@@H]2[C@@H]3CCCC[C@]23C)ccc1O. The van der Waals surface area contributed by atoms with Gasteiger partial charge >= 0.3 is 0 Å². The number of hydrogen-bond donors (Lipinski definition) is 2. The molecule has 23 heavy (non-hydrogen) atoms. The summed E-state index contributed by atoms with van der Waals surface area (Å²) in [5, 5.41) is 13.7. The lowest BCUT2D eigenvalue weighted by Crippen LogP contribution is -2.22. The van der Waals surface area contributed by atoms with Crippen molar-refractivity contribution in [1.82, 2.24) is 5.43 Å². The molecule has 3 rings (SSSR count). The van der Waals surface area contributed by atoms with Gasteiger partial charge in [-0.1, -0.05) is 19.8 Å². The number of carbonyl (C=O) groups is 1. The van der Waals surface area contributed by atoms with E-state index in [1.165, 1.54) is 12.8 Å². The van der Waals surface area contributed by atoms with E-state index in [2.05, 4.69) is 17.5 Å². The highest BCUT2D eigenvalue weighted by atomic mass is 16.5. The van der Waals surface area contributed by atoms with E-state index in [0.29, 0.717) is 18.3 Å². The Balaban J connectivity index is 1.59. The zero-order valence-corrected chi connectivity index (χ0v) is 13.7. The molecule has 2 N–H and O–H groups in total. The average molecular weight is 316 g/mol. The fourth-order valence-electron chi connectivity index (χ4n) is 3.97. The second-order valence-electron chi connectivity index (χ2n) is 6.73. The summed E-state index contributed by atoms with van der Waals surface area (Å²) < 4.78 is 5.33. The van der Waals surface area contributed by atoms with Crippen molar-refractivity contribution < 1.29 is 14.6 Å². The Kier molecular flexibility index (Phi) is 4.28. The number of fused-ring (bicyclic) bond motifs is 1. The second-order valence-corrected chi connectivity index (χ2v) is 6.73. The Hall–Kier alpha value is -2.04. The maximum atomic E-state index is 12.3. The van der Waals surface area contributed by atoms with Crippen LogP contribution < -0.4 is 10.2 Å². The van der Waals surface area contributed by atoms with E-state index >= 15 is 0 Å². The number of hydrogen-bond acceptors (Lipinski definition) is 4. The molecular formula is C18H24N2O3. The van der Waals surface area contributed by atoms with E-state index in [0.717, 1.165) is 18.4 Å². The smallest absolute Gasteiger partial charge is 0.244 e. The molecule has 0 heterocycles. The van der Waals surface area contributed by atoms with Gasteiger partial charge in [0.05, 0.1) is 12.8 Å². The number of ether oxygens (including phenoxy) is 1. The van der Waals surface area contributed by atoms with E-state index in [4.69, 9.17) is 4.74 Å². The summed E-state index contributed by atoms with van der Waals surface area (Å²) in [5.74, 6) is 1.19. The molecule has 0 unspecified atom stereocenters. The molecule has 3 atom stereocenters. The zero-order valence-electron chi connectivity index (χ0n) is 13.7. The van der Waals surface area contributed by atoms with Crippen LogP contribution in [0.3, 0.4) is 0 Å². The number of nitrogens with one attached hydrogen (secondary N) is 1. The lowest BCUT2D eigenvalue weighted by atomic mass is 9.90. The van der Waals surface area contributed by atoms with Gasteiger partial charge in [-0.15, -0.1) is 0 Å². The molecule has 0 aliphatic heterocycles. The molecule has 0 saturated heterocycles. The van der Waals surface area contributed by atoms with Crippen molar-refractivity contribution in [3.63, 3.8) is 0 Å². The van der Waals surface area contributed by atoms with Gasteiger partial charge in [-0.25, -0.2) is 5.43 Å². The number of nitrogens with zero attached hydrogens (tertiary/aromatic N) is 1. The highest BCUT2D eigenvalue weighted by Gasteiger charge is 2.64. The molecule has 1 aromatic carbocycles. The Morgan fingerprint density at radius 2 is 2.35 bits per heavy atom. The lowest BCUT2D eigenvalue weighted by molar-refractivity contribution is -0.123. The van der Waals surface area contributed by atoms with Crippen LogP contribution in [0.15, 0.2) is 23.3 Å². The van der Waals surface area contributed by atoms with Gasteiger partial charge in [-0.05, 0) is 54.9 Å². The molecule has 2 aliphatic rings. The maximum Gasteiger partial charge on any atom is 0.244 e. The van der Waals surface area contributed by atoms with Crippen LogP contribution in [0.2, 0.25) is 0 Å². The monoisotopic (exact) mass is 316 g/mol. The molecule has 0 bridgehead atoms. The topological polar surface area (TPSA) is 70.9 Å². The van der Waals surface area contributed by atoms with Gasteiger partial charge in [0.25, 0.3) is 0 Å². The summed E-state index contributed by atoms with van der Waals surface area (Å²) in [6.45, 7) is 4.56. The van der Waals surface area contributed by atoms with E-state index in [9.17, 15) is 9.90 Å². The van der Waals surface area contributed by atoms with Gasteiger partial charge < -0.3 is 9.84 Å². The van der Waals surface area contributed by atoms with E-state index in [1.54, 1.807) is 24.4 Å². The van der Waals surface area contributed by atoms with Crippen LogP contribution in [-0.4, -0.2) is 23.8 Å². The third kappa shape index (κ3) is 3.05. The van der Waals surface area contributed by atoms with Crippen LogP contribution in [0.25, 0.3) is 0 Å². The van der Waals surface area contributed by atoms with Gasteiger partial charge in [0.15, 0.2) is 11.5 Å². The summed E-state index contributed by atoms with van der Waals surface area (Å²) in [6.07, 6.45) is 6.35. The number of phenols is 1. The van der Waals surface area contributed by atoms with E-state index < -0.39 is 0 Å². The maximum absolute atomic E-state index is 12.3. The molecule has 1 aromatic rings. The quantitative estimate of drug-likeness (QED) is 0.648. The number of hydrazone groups is 1. The molecule has 1 amide bonds. The average Bonchev–Trinajstić information content (AvgIpc) is 3.16. The van der Waals surface area contributed by atoms with Crippen LogP contribution >= 0.6 is 0 Å². The molecule has 0 radical (unpaired) electrons. The first-order valence-corrected chi connectivity index (χ1v) is 8.35. The molecule has 2 aliphatic carbocycles. The molecule has 5 heteroatoms. The normalized spacial score (nSPS) is 29.1. The molecule has 2 fully saturated rings. The fourth-order valence-corrected chi connectivity index (χ4v) is 3.97. The minimum absolute atomic E-state index is 0.0273. The van der Waals surface area contributed by atoms with Gasteiger partial charge in [-0.2, -0.15) is 5.10 Å². The summed E-state index contributed by atoms with van der Waals surface area (Å²) in [7, 11) is 0. The van der Waals surface area contributed by atoms with Gasteiger partial charge in [0, 0.05) is 5.92 Å². The molecule has 124 valence electrons. The number of benzene rings is 1. The Morgan fingerprint density at radius 1 is 1.52 bits per heavy atom. The molecule has 5 nitrogen and oxygen atoms in total. The number of rotatable bonds is 5. The standard InChI is InChI=1S/C18H24N2O3/c1-3-23-15-10-12(7-8-14(15)21)11-19-20-17(22)16-13-6-4-5-9-18(13,16)2/h7-8,10-11,13,16,21H,3-6,9H2,1-2H3,(H,20,22)/b19-11-/t13-,16-,18-/m0/s1. The first kappa shape index (κ1) is 15.8. The van der Waals surface area contributed by atoms with Crippen molar-refractivity contribution in [3.05, 3.63) is 23.8 Å². The highest BCUT2D eigenvalue weighted by Crippen LogP contribution is 2.66. The number of phenolic OH excluding ortho intramolecular Hbond substituents is 1. The fraction of sp³-hybridized carbons (Fsp3) is 0.556. The largest absolute Gasteiger partial charge is 0.504 e. The van der Waals surface area contributed by atoms with Crippen LogP contribution in [0.1, 0.15) is 45.1 Å². The van der Waals surface area contributed by atoms with Crippen LogP contribution in [-0.2, 0) is 4.79 Å². The minimum atomic E-state index is 0.0273. The third-order valence-electron chi connectivity index (χ3n) is 5.29. The second kappa shape index (κ2) is 6.22. The lowest BCUT2D eigenvalue weighted by Gasteiger charge is -2.15. The summed E-state index contributed by atoms with van der Waals surface area (Å²) >= 11 is 0. The highest BCUT2D eigenvalue weighted by molar-refractivity contribution is 5.86. The number of aromatic hydroxyl groups is 1.